The third-order valence-corrected chi connectivity index (χ3v) is 10.4. The van der Waals surface area contributed by atoms with E-state index >= 15 is 0 Å². The topological polar surface area (TPSA) is 0 Å². The van der Waals surface area contributed by atoms with E-state index in [-0.39, 0.29) is 21.2 Å². The van der Waals surface area contributed by atoms with E-state index in [4.69, 9.17) is 0 Å². The fourth-order valence-electron chi connectivity index (χ4n) is 5.19. The summed E-state index contributed by atoms with van der Waals surface area (Å²) < 4.78 is 62.3. The molecule has 0 saturated carbocycles. The first-order chi connectivity index (χ1) is 20.8. The van der Waals surface area contributed by atoms with Crippen LogP contribution in [0.1, 0.15) is 153 Å². The van der Waals surface area contributed by atoms with Crippen LogP contribution in [0.5, 0.6) is 0 Å². The molecule has 0 nitrogen and oxygen atoms in total. The van der Waals surface area contributed by atoms with Crippen LogP contribution >= 0.6 is 7.81 Å². The molecule has 2 rings (SSSR count). The second kappa shape index (κ2) is 21.9. The van der Waals surface area contributed by atoms with Crippen molar-refractivity contribution in [3.05, 3.63) is 66.8 Å². The summed E-state index contributed by atoms with van der Waals surface area (Å²) >= 11 is -0.0574. The van der Waals surface area contributed by atoms with E-state index in [1.54, 1.807) is 7.14 Å². The Kier molecular flexibility index (Phi) is 20.5. The maximum atomic E-state index is 9.87. The SMILES string of the molecule is CCCCCCCCCCCCc1ccc([I+]c2ccc(CCCCCCCCCCCC)cc2)cc1.F[P-](F)(F)(F)(F)F. The maximum absolute atomic E-state index is 10.7. The number of rotatable bonds is 24. The third kappa shape index (κ3) is 29.9. The molecule has 0 amide bonds. The van der Waals surface area contributed by atoms with Gasteiger partial charge in [0, 0.05) is 0 Å². The van der Waals surface area contributed by atoms with Crippen LogP contribution in [0.15, 0.2) is 48.5 Å². The zero-order valence-corrected chi connectivity index (χ0v) is 30.3. The average molecular weight is 763 g/mol. The van der Waals surface area contributed by atoms with Crippen molar-refractivity contribution in [3.63, 3.8) is 0 Å². The van der Waals surface area contributed by atoms with Crippen molar-refractivity contribution in [2.45, 2.75) is 155 Å². The van der Waals surface area contributed by atoms with Crippen molar-refractivity contribution >= 4 is 7.81 Å². The van der Waals surface area contributed by atoms with Gasteiger partial charge in [-0.2, -0.15) is 0 Å². The summed E-state index contributed by atoms with van der Waals surface area (Å²) in [4.78, 5) is 0. The average Bonchev–Trinajstić information content (AvgIpc) is 2.95. The Labute approximate surface area is 275 Å². The van der Waals surface area contributed by atoms with Crippen LogP contribution in [-0.4, -0.2) is 0 Å². The van der Waals surface area contributed by atoms with Crippen LogP contribution in [0.2, 0.25) is 0 Å². The molecule has 0 aromatic heterocycles. The van der Waals surface area contributed by atoms with E-state index in [2.05, 4.69) is 62.4 Å². The predicted octanol–water partition coefficient (Wildman–Crippen LogP) is 12.1. The molecule has 44 heavy (non-hydrogen) atoms. The van der Waals surface area contributed by atoms with Crippen molar-refractivity contribution in [2.75, 3.05) is 0 Å². The van der Waals surface area contributed by atoms with E-state index in [1.165, 1.54) is 152 Å². The Bertz CT molecular complexity index is 883. The molecule has 0 radical (unpaired) electrons. The van der Waals surface area contributed by atoms with Crippen molar-refractivity contribution in [2.24, 2.45) is 0 Å². The van der Waals surface area contributed by atoms with Gasteiger partial charge in [0.1, 0.15) is 0 Å². The molecule has 0 aliphatic rings. The number of benzene rings is 2. The normalized spacial score (nSPS) is 13.2. The van der Waals surface area contributed by atoms with Gasteiger partial charge < -0.3 is 0 Å². The molecular weight excluding hydrogens is 704 g/mol. The molecule has 0 spiro atoms. The van der Waals surface area contributed by atoms with Crippen LogP contribution in [-0.2, 0) is 12.8 Å². The van der Waals surface area contributed by atoms with Crippen molar-refractivity contribution < 1.29 is 46.4 Å². The van der Waals surface area contributed by atoms with Crippen LogP contribution in [0.25, 0.3) is 0 Å². The third-order valence-electron chi connectivity index (χ3n) is 7.68. The molecule has 256 valence electrons. The first-order valence-electron chi connectivity index (χ1n) is 17.2. The zero-order chi connectivity index (χ0) is 32.6. The summed E-state index contributed by atoms with van der Waals surface area (Å²) in [7, 11) is -10.7. The van der Waals surface area contributed by atoms with Crippen LogP contribution in [0.3, 0.4) is 0 Å². The van der Waals surface area contributed by atoms with Gasteiger partial charge in [-0.15, -0.1) is 0 Å². The van der Waals surface area contributed by atoms with Gasteiger partial charge in [-0.3, -0.25) is 0 Å². The minimum atomic E-state index is -10.7. The molecule has 0 unspecified atom stereocenters. The molecule has 2 aromatic carbocycles. The number of halogens is 7. The number of hydrogen-bond acceptors (Lipinski definition) is 0. The molecule has 0 fully saturated rings. The molecule has 0 bridgehead atoms. The Hall–Kier alpha value is -0.820. The number of unbranched alkanes of at least 4 members (excludes halogenated alkanes) is 18. The summed E-state index contributed by atoms with van der Waals surface area (Å²) in [5.41, 5.74) is 3.05. The molecule has 0 saturated heterocycles. The molecule has 0 N–H and O–H groups in total. The van der Waals surface area contributed by atoms with Gasteiger partial charge in [-0.25, -0.2) is 0 Å². The minimum absolute atomic E-state index is 0.0574. The molecule has 0 aliphatic carbocycles. The molecule has 0 aliphatic heterocycles. The van der Waals surface area contributed by atoms with E-state index in [0.29, 0.717) is 0 Å². The van der Waals surface area contributed by atoms with Gasteiger partial charge in [0.2, 0.25) is 0 Å². The van der Waals surface area contributed by atoms with E-state index < -0.39 is 7.81 Å². The quantitative estimate of drug-likeness (QED) is 0.0432. The first-order valence-corrected chi connectivity index (χ1v) is 21.3. The van der Waals surface area contributed by atoms with E-state index in [0.717, 1.165) is 0 Å². The molecular formula is C36H58F6IP. The van der Waals surface area contributed by atoms with Gasteiger partial charge >= 0.3 is 54.2 Å². The second-order valence-corrected chi connectivity index (χ2v) is 17.1. The molecule has 0 atom stereocenters. The van der Waals surface area contributed by atoms with Gasteiger partial charge in [0.15, 0.2) is 7.14 Å². The van der Waals surface area contributed by atoms with E-state index in [1.807, 2.05) is 0 Å². The standard InChI is InChI=1S/C36H58I.F6P/c1-3-5-7-9-11-13-15-17-19-21-23-33-25-29-35(30-26-33)37-36-31-27-34(28-32-36)24-22-20-18-16-14-12-10-8-6-4-2;1-7(2,3,4,5)6/h25-32H,3-24H2,1-2H3;/q+1;-1. The van der Waals surface area contributed by atoms with Gasteiger partial charge in [-0.05, 0) is 61.1 Å². The molecule has 2 aromatic rings. The number of aryl methyl sites for hydroxylation is 2. The molecule has 8 heteroatoms. The summed E-state index contributed by atoms with van der Waals surface area (Å²) in [6, 6.07) is 19.2. The fraction of sp³-hybridized carbons (Fsp3) is 0.667. The predicted molar refractivity (Wildman–Crippen MR) is 175 cm³/mol. The fourth-order valence-corrected chi connectivity index (χ4v) is 7.34. The van der Waals surface area contributed by atoms with Gasteiger partial charge in [0.05, 0.1) is 0 Å². The summed E-state index contributed by atoms with van der Waals surface area (Å²) in [5.74, 6) is 0. The van der Waals surface area contributed by atoms with Crippen LogP contribution < -0.4 is 21.2 Å². The van der Waals surface area contributed by atoms with Crippen molar-refractivity contribution in [1.82, 2.24) is 0 Å². The van der Waals surface area contributed by atoms with Crippen molar-refractivity contribution in [1.29, 1.82) is 0 Å². The van der Waals surface area contributed by atoms with Crippen LogP contribution in [0, 0.1) is 7.14 Å². The zero-order valence-electron chi connectivity index (χ0n) is 27.3. The second-order valence-electron chi connectivity index (χ2n) is 12.2. The van der Waals surface area contributed by atoms with Gasteiger partial charge in [-0.1, -0.05) is 154 Å². The Balaban J connectivity index is 0.00000123. The van der Waals surface area contributed by atoms with E-state index in [9.17, 15) is 25.2 Å². The van der Waals surface area contributed by atoms with Crippen molar-refractivity contribution in [3.8, 4) is 0 Å². The molecule has 0 heterocycles. The summed E-state index contributed by atoms with van der Waals surface area (Å²) in [6.07, 6.45) is 30.9. The number of hydrogen-bond donors (Lipinski definition) is 0. The summed E-state index contributed by atoms with van der Waals surface area (Å²) in [5, 5.41) is 0. The Morgan fingerprint density at radius 1 is 0.386 bits per heavy atom. The summed E-state index contributed by atoms with van der Waals surface area (Å²) in [6.45, 7) is 4.60. The van der Waals surface area contributed by atoms with Gasteiger partial charge in [0.25, 0.3) is 0 Å². The monoisotopic (exact) mass is 762 g/mol. The van der Waals surface area contributed by atoms with Crippen LogP contribution in [0.4, 0.5) is 25.2 Å². The Morgan fingerprint density at radius 3 is 0.864 bits per heavy atom. The first kappa shape index (κ1) is 41.2. The Morgan fingerprint density at radius 2 is 0.614 bits per heavy atom.